The van der Waals surface area contributed by atoms with E-state index in [2.05, 4.69) is 30.4 Å². The molecule has 0 amide bonds. The minimum Gasteiger partial charge on any atom is -0.314 e. The molecule has 1 aromatic rings. The van der Waals surface area contributed by atoms with Crippen molar-refractivity contribution in [1.82, 2.24) is 5.32 Å². The number of hydrogen-bond acceptors (Lipinski definition) is 1. The Bertz CT molecular complexity index is 407. The van der Waals surface area contributed by atoms with Crippen LogP contribution in [0.4, 0.5) is 0 Å². The molecule has 2 fully saturated rings. The van der Waals surface area contributed by atoms with E-state index in [0.29, 0.717) is 0 Å². The molecule has 0 radical (unpaired) electrons. The largest absolute Gasteiger partial charge is 0.314 e. The second kappa shape index (κ2) is 5.22. The fourth-order valence-electron chi connectivity index (χ4n) is 3.00. The Morgan fingerprint density at radius 3 is 2.78 bits per heavy atom. The zero-order valence-corrected chi connectivity index (χ0v) is 11.8. The molecule has 1 N–H and O–H groups in total. The second-order valence-corrected chi connectivity index (χ2v) is 6.58. The summed E-state index contributed by atoms with van der Waals surface area (Å²) in [6, 6.07) is 9.08. The Morgan fingerprint density at radius 1 is 1.33 bits per heavy atom. The van der Waals surface area contributed by atoms with Crippen LogP contribution in [0.25, 0.3) is 0 Å². The third-order valence-corrected chi connectivity index (χ3v) is 4.85. The summed E-state index contributed by atoms with van der Waals surface area (Å²) in [4.78, 5) is 0. The molecule has 18 heavy (non-hydrogen) atoms. The van der Waals surface area contributed by atoms with Gasteiger partial charge in [-0.1, -0.05) is 30.7 Å². The van der Waals surface area contributed by atoms with E-state index in [-0.39, 0.29) is 0 Å². The maximum absolute atomic E-state index is 6.04. The van der Waals surface area contributed by atoms with E-state index in [1.54, 1.807) is 0 Å². The van der Waals surface area contributed by atoms with Gasteiger partial charge in [0.1, 0.15) is 0 Å². The van der Waals surface area contributed by atoms with Crippen molar-refractivity contribution in [2.75, 3.05) is 6.54 Å². The van der Waals surface area contributed by atoms with Gasteiger partial charge in [-0.05, 0) is 67.7 Å². The standard InChI is InChI=1S/C16H22ClN/c1-11(12-5-6-12)10-18-16-8-14(9-16)13-3-2-4-15(17)7-13/h2-4,7,11-12,14,16,18H,5-6,8-10H2,1H3. The Balaban J connectivity index is 1.42. The first-order valence-electron chi connectivity index (χ1n) is 7.21. The van der Waals surface area contributed by atoms with E-state index in [4.69, 9.17) is 11.6 Å². The normalized spacial score (nSPS) is 28.8. The summed E-state index contributed by atoms with van der Waals surface area (Å²) in [6.45, 7) is 3.59. The monoisotopic (exact) mass is 263 g/mol. The van der Waals surface area contributed by atoms with E-state index in [0.717, 1.165) is 28.8 Å². The van der Waals surface area contributed by atoms with Crippen LogP contribution in [-0.4, -0.2) is 12.6 Å². The van der Waals surface area contributed by atoms with E-state index in [1.807, 2.05) is 6.07 Å². The fourth-order valence-corrected chi connectivity index (χ4v) is 3.20. The van der Waals surface area contributed by atoms with Gasteiger partial charge in [0, 0.05) is 11.1 Å². The first kappa shape index (κ1) is 12.5. The minimum absolute atomic E-state index is 0.720. The average molecular weight is 264 g/mol. The van der Waals surface area contributed by atoms with Crippen molar-refractivity contribution in [2.24, 2.45) is 11.8 Å². The van der Waals surface area contributed by atoms with Crippen molar-refractivity contribution in [2.45, 2.75) is 44.6 Å². The molecule has 0 aliphatic heterocycles. The van der Waals surface area contributed by atoms with E-state index >= 15 is 0 Å². The minimum atomic E-state index is 0.720. The smallest absolute Gasteiger partial charge is 0.0408 e. The van der Waals surface area contributed by atoms with Crippen LogP contribution in [0.1, 0.15) is 44.1 Å². The van der Waals surface area contributed by atoms with Gasteiger partial charge >= 0.3 is 0 Å². The van der Waals surface area contributed by atoms with Gasteiger partial charge in [-0.25, -0.2) is 0 Å². The maximum Gasteiger partial charge on any atom is 0.0408 e. The first-order chi connectivity index (χ1) is 8.72. The lowest BCUT2D eigenvalue weighted by atomic mass is 9.76. The van der Waals surface area contributed by atoms with Gasteiger partial charge in [-0.3, -0.25) is 0 Å². The molecule has 1 nitrogen and oxygen atoms in total. The molecule has 0 saturated heterocycles. The quantitative estimate of drug-likeness (QED) is 0.839. The van der Waals surface area contributed by atoms with Gasteiger partial charge in [0.15, 0.2) is 0 Å². The van der Waals surface area contributed by atoms with Crippen molar-refractivity contribution < 1.29 is 0 Å². The SMILES string of the molecule is CC(CNC1CC(c2cccc(Cl)c2)C1)C1CC1. The van der Waals surface area contributed by atoms with Gasteiger partial charge in [-0.2, -0.15) is 0 Å². The molecule has 2 saturated carbocycles. The van der Waals surface area contributed by atoms with Gasteiger partial charge in [0.2, 0.25) is 0 Å². The summed E-state index contributed by atoms with van der Waals surface area (Å²) < 4.78 is 0. The number of rotatable bonds is 5. The van der Waals surface area contributed by atoms with Crippen LogP contribution < -0.4 is 5.32 Å². The molecule has 98 valence electrons. The summed E-state index contributed by atoms with van der Waals surface area (Å²) >= 11 is 6.04. The van der Waals surface area contributed by atoms with Crippen LogP contribution in [0.2, 0.25) is 5.02 Å². The Kier molecular flexibility index (Phi) is 3.63. The molecule has 3 rings (SSSR count). The Labute approximate surface area is 115 Å². The summed E-state index contributed by atoms with van der Waals surface area (Å²) in [5.41, 5.74) is 1.41. The zero-order chi connectivity index (χ0) is 12.5. The van der Waals surface area contributed by atoms with Crippen molar-refractivity contribution in [3.05, 3.63) is 34.9 Å². The summed E-state index contributed by atoms with van der Waals surface area (Å²) in [7, 11) is 0. The molecule has 1 atom stereocenters. The van der Waals surface area contributed by atoms with E-state index < -0.39 is 0 Å². The average Bonchev–Trinajstić information content (AvgIpc) is 3.10. The third-order valence-electron chi connectivity index (χ3n) is 4.61. The maximum atomic E-state index is 6.04. The highest BCUT2D eigenvalue weighted by atomic mass is 35.5. The molecular weight excluding hydrogens is 242 g/mol. The van der Waals surface area contributed by atoms with Crippen LogP contribution in [0.15, 0.2) is 24.3 Å². The predicted octanol–water partition coefficient (Wildman–Crippen LogP) is 4.22. The number of hydrogen-bond donors (Lipinski definition) is 1. The molecule has 2 heteroatoms. The predicted molar refractivity (Wildman–Crippen MR) is 77.1 cm³/mol. The van der Waals surface area contributed by atoms with Crippen molar-refractivity contribution in [3.8, 4) is 0 Å². The third kappa shape index (κ3) is 2.89. The molecule has 1 aromatic carbocycles. The van der Waals surface area contributed by atoms with Crippen LogP contribution in [0.5, 0.6) is 0 Å². The van der Waals surface area contributed by atoms with Crippen LogP contribution >= 0.6 is 11.6 Å². The lowest BCUT2D eigenvalue weighted by molar-refractivity contribution is 0.273. The molecule has 1 unspecified atom stereocenters. The van der Waals surface area contributed by atoms with E-state index in [1.165, 1.54) is 37.8 Å². The molecular formula is C16H22ClN. The summed E-state index contributed by atoms with van der Waals surface area (Å²) in [5, 5.41) is 4.59. The highest BCUT2D eigenvalue weighted by Crippen LogP contribution is 2.39. The van der Waals surface area contributed by atoms with Gasteiger partial charge in [0.25, 0.3) is 0 Å². The van der Waals surface area contributed by atoms with Crippen molar-refractivity contribution >= 4 is 11.6 Å². The zero-order valence-electron chi connectivity index (χ0n) is 11.0. The van der Waals surface area contributed by atoms with Crippen LogP contribution in [0, 0.1) is 11.8 Å². The Hall–Kier alpha value is -0.530. The molecule has 0 aromatic heterocycles. The van der Waals surface area contributed by atoms with Gasteiger partial charge in [-0.15, -0.1) is 0 Å². The fraction of sp³-hybridized carbons (Fsp3) is 0.625. The highest BCUT2D eigenvalue weighted by molar-refractivity contribution is 6.30. The van der Waals surface area contributed by atoms with E-state index in [9.17, 15) is 0 Å². The lowest BCUT2D eigenvalue weighted by Gasteiger charge is -2.37. The molecule has 2 aliphatic carbocycles. The highest BCUT2D eigenvalue weighted by Gasteiger charge is 2.32. The van der Waals surface area contributed by atoms with Crippen LogP contribution in [-0.2, 0) is 0 Å². The van der Waals surface area contributed by atoms with Gasteiger partial charge < -0.3 is 5.32 Å². The van der Waals surface area contributed by atoms with Gasteiger partial charge in [0.05, 0.1) is 0 Å². The summed E-state index contributed by atoms with van der Waals surface area (Å²) in [6.07, 6.45) is 5.47. The lowest BCUT2D eigenvalue weighted by Crippen LogP contribution is -2.42. The molecule has 0 spiro atoms. The molecule has 0 heterocycles. The van der Waals surface area contributed by atoms with Crippen LogP contribution in [0.3, 0.4) is 0 Å². The molecule has 2 aliphatic rings. The van der Waals surface area contributed by atoms with Crippen molar-refractivity contribution in [3.63, 3.8) is 0 Å². The second-order valence-electron chi connectivity index (χ2n) is 6.14. The topological polar surface area (TPSA) is 12.0 Å². The first-order valence-corrected chi connectivity index (χ1v) is 7.59. The Morgan fingerprint density at radius 2 is 2.11 bits per heavy atom. The number of nitrogens with one attached hydrogen (secondary N) is 1. The number of halogens is 1. The molecule has 0 bridgehead atoms. The number of benzene rings is 1. The summed E-state index contributed by atoms with van der Waals surface area (Å²) in [5.74, 6) is 2.61. The van der Waals surface area contributed by atoms with Crippen molar-refractivity contribution in [1.29, 1.82) is 0 Å².